The number of aromatic nitrogens is 1. The lowest BCUT2D eigenvalue weighted by Gasteiger charge is -2.08. The quantitative estimate of drug-likeness (QED) is 0.928. The Bertz CT molecular complexity index is 563. The number of aryl methyl sites for hydroxylation is 1. The Morgan fingerprint density at radius 3 is 3.22 bits per heavy atom. The van der Waals surface area contributed by atoms with Gasteiger partial charge in [0.15, 0.2) is 5.13 Å². The van der Waals surface area contributed by atoms with Crippen molar-refractivity contribution < 1.29 is 4.74 Å². The summed E-state index contributed by atoms with van der Waals surface area (Å²) in [6, 6.07) is 3.92. The fraction of sp³-hybridized carbons (Fsp3) is 0.462. The number of hydrogen-bond donors (Lipinski definition) is 1. The van der Waals surface area contributed by atoms with Crippen LogP contribution in [-0.2, 0) is 4.74 Å². The number of anilines is 1. The molecule has 1 N–H and O–H groups in total. The fourth-order valence-corrected chi connectivity index (χ4v) is 3.56. The van der Waals surface area contributed by atoms with Crippen molar-refractivity contribution >= 4 is 38.3 Å². The summed E-state index contributed by atoms with van der Waals surface area (Å²) in [5.74, 6) is 0. The van der Waals surface area contributed by atoms with Gasteiger partial charge >= 0.3 is 0 Å². The Balaban J connectivity index is 1.78. The first-order valence-corrected chi connectivity index (χ1v) is 7.34. The van der Waals surface area contributed by atoms with E-state index in [2.05, 4.69) is 10.3 Å². The van der Waals surface area contributed by atoms with E-state index in [4.69, 9.17) is 16.3 Å². The van der Waals surface area contributed by atoms with Crippen LogP contribution in [0.25, 0.3) is 10.2 Å². The molecule has 0 aliphatic carbocycles. The van der Waals surface area contributed by atoms with Crippen molar-refractivity contribution in [2.75, 3.05) is 18.5 Å². The second kappa shape index (κ2) is 5.03. The largest absolute Gasteiger partial charge is 0.376 e. The van der Waals surface area contributed by atoms with E-state index in [1.165, 1.54) is 6.42 Å². The Morgan fingerprint density at radius 1 is 1.56 bits per heavy atom. The number of halogens is 1. The molecule has 1 aliphatic rings. The van der Waals surface area contributed by atoms with Crippen LogP contribution >= 0.6 is 22.9 Å². The highest BCUT2D eigenvalue weighted by molar-refractivity contribution is 7.22. The van der Waals surface area contributed by atoms with Gasteiger partial charge in [-0.15, -0.1) is 0 Å². The summed E-state index contributed by atoms with van der Waals surface area (Å²) in [6.45, 7) is 3.77. The van der Waals surface area contributed by atoms with Crippen LogP contribution in [0.15, 0.2) is 12.1 Å². The van der Waals surface area contributed by atoms with Gasteiger partial charge in [0.1, 0.15) is 0 Å². The van der Waals surface area contributed by atoms with Crippen molar-refractivity contribution in [3.8, 4) is 0 Å². The second-order valence-corrected chi connectivity index (χ2v) is 6.07. The summed E-state index contributed by atoms with van der Waals surface area (Å²) in [7, 11) is 0. The van der Waals surface area contributed by atoms with Gasteiger partial charge in [0.2, 0.25) is 0 Å². The minimum Gasteiger partial charge on any atom is -0.376 e. The maximum absolute atomic E-state index is 6.05. The highest BCUT2D eigenvalue weighted by atomic mass is 35.5. The van der Waals surface area contributed by atoms with E-state index < -0.39 is 0 Å². The van der Waals surface area contributed by atoms with Gasteiger partial charge < -0.3 is 10.1 Å². The van der Waals surface area contributed by atoms with E-state index in [9.17, 15) is 0 Å². The normalized spacial score (nSPS) is 19.6. The molecule has 1 aromatic heterocycles. The standard InChI is InChI=1S/C13H15ClN2OS/c1-8-5-9(14)6-11-12(8)16-13(18-11)15-7-10-3-2-4-17-10/h5-6,10H,2-4,7H2,1H3,(H,15,16)/t10-/m0/s1. The summed E-state index contributed by atoms with van der Waals surface area (Å²) >= 11 is 7.70. The zero-order valence-corrected chi connectivity index (χ0v) is 11.8. The highest BCUT2D eigenvalue weighted by Gasteiger charge is 2.16. The summed E-state index contributed by atoms with van der Waals surface area (Å²) < 4.78 is 6.72. The van der Waals surface area contributed by atoms with Crippen LogP contribution in [0.1, 0.15) is 18.4 Å². The number of benzene rings is 1. The molecule has 1 atom stereocenters. The van der Waals surface area contributed by atoms with Crippen LogP contribution in [0.5, 0.6) is 0 Å². The molecule has 0 unspecified atom stereocenters. The number of nitrogens with zero attached hydrogens (tertiary/aromatic N) is 1. The first kappa shape index (κ1) is 12.2. The molecule has 2 heterocycles. The number of fused-ring (bicyclic) bond motifs is 1. The van der Waals surface area contributed by atoms with Crippen LogP contribution in [0.4, 0.5) is 5.13 Å². The molecule has 0 spiro atoms. The van der Waals surface area contributed by atoms with Crippen LogP contribution < -0.4 is 5.32 Å². The molecule has 0 saturated carbocycles. The van der Waals surface area contributed by atoms with Crippen LogP contribution in [-0.4, -0.2) is 24.2 Å². The molecule has 18 heavy (non-hydrogen) atoms. The molecule has 96 valence electrons. The molecule has 2 aromatic rings. The lowest BCUT2D eigenvalue weighted by molar-refractivity contribution is 0.120. The van der Waals surface area contributed by atoms with E-state index in [-0.39, 0.29) is 0 Å². The first-order valence-electron chi connectivity index (χ1n) is 6.14. The minimum absolute atomic E-state index is 0.335. The molecule has 1 aromatic carbocycles. The zero-order valence-electron chi connectivity index (χ0n) is 10.2. The number of thiazole rings is 1. The van der Waals surface area contributed by atoms with Gasteiger partial charge in [-0.05, 0) is 37.5 Å². The average molecular weight is 283 g/mol. The molecule has 1 saturated heterocycles. The van der Waals surface area contributed by atoms with Crippen LogP contribution in [0.3, 0.4) is 0 Å². The number of ether oxygens (including phenoxy) is 1. The maximum Gasteiger partial charge on any atom is 0.183 e. The Hall–Kier alpha value is -0.840. The minimum atomic E-state index is 0.335. The summed E-state index contributed by atoms with van der Waals surface area (Å²) in [6.07, 6.45) is 2.64. The topological polar surface area (TPSA) is 34.1 Å². The molecule has 1 fully saturated rings. The van der Waals surface area contributed by atoms with Crippen molar-refractivity contribution in [3.05, 3.63) is 22.7 Å². The van der Waals surface area contributed by atoms with E-state index in [0.717, 1.165) is 45.5 Å². The fourth-order valence-electron chi connectivity index (χ4n) is 2.24. The summed E-state index contributed by atoms with van der Waals surface area (Å²) in [4.78, 5) is 4.61. The van der Waals surface area contributed by atoms with Crippen molar-refractivity contribution in [1.29, 1.82) is 0 Å². The van der Waals surface area contributed by atoms with Gasteiger partial charge in [0, 0.05) is 18.2 Å². The molecule has 1 aliphatic heterocycles. The first-order chi connectivity index (χ1) is 8.72. The zero-order chi connectivity index (χ0) is 12.5. The molecular weight excluding hydrogens is 268 g/mol. The third-order valence-electron chi connectivity index (χ3n) is 3.16. The number of rotatable bonds is 3. The number of hydrogen-bond acceptors (Lipinski definition) is 4. The molecule has 0 bridgehead atoms. The van der Waals surface area contributed by atoms with E-state index in [0.29, 0.717) is 6.10 Å². The predicted octanol–water partition coefficient (Wildman–Crippen LogP) is 3.85. The monoisotopic (exact) mass is 282 g/mol. The van der Waals surface area contributed by atoms with E-state index >= 15 is 0 Å². The molecule has 0 amide bonds. The van der Waals surface area contributed by atoms with Crippen LogP contribution in [0, 0.1) is 6.92 Å². The van der Waals surface area contributed by atoms with Crippen LogP contribution in [0.2, 0.25) is 5.02 Å². The Kier molecular flexibility index (Phi) is 3.41. The SMILES string of the molecule is Cc1cc(Cl)cc2sc(NC[C@@H]3CCCO3)nc12. The maximum atomic E-state index is 6.05. The molecular formula is C13H15ClN2OS. The Labute approximate surface area is 115 Å². The molecule has 3 rings (SSSR count). The third-order valence-corrected chi connectivity index (χ3v) is 4.33. The smallest absolute Gasteiger partial charge is 0.183 e. The summed E-state index contributed by atoms with van der Waals surface area (Å²) in [5.41, 5.74) is 2.16. The van der Waals surface area contributed by atoms with Gasteiger partial charge in [0.25, 0.3) is 0 Å². The second-order valence-electron chi connectivity index (χ2n) is 4.60. The van der Waals surface area contributed by atoms with Gasteiger partial charge in [-0.3, -0.25) is 0 Å². The molecule has 0 radical (unpaired) electrons. The predicted molar refractivity (Wildman–Crippen MR) is 76.8 cm³/mol. The molecule has 5 heteroatoms. The third kappa shape index (κ3) is 2.46. The van der Waals surface area contributed by atoms with E-state index in [1.807, 2.05) is 19.1 Å². The van der Waals surface area contributed by atoms with E-state index in [1.54, 1.807) is 11.3 Å². The average Bonchev–Trinajstić information content (AvgIpc) is 2.93. The van der Waals surface area contributed by atoms with Crippen molar-refractivity contribution in [2.24, 2.45) is 0 Å². The van der Waals surface area contributed by atoms with Gasteiger partial charge in [-0.1, -0.05) is 22.9 Å². The van der Waals surface area contributed by atoms with Gasteiger partial charge in [0.05, 0.1) is 16.3 Å². The van der Waals surface area contributed by atoms with Crippen molar-refractivity contribution in [2.45, 2.75) is 25.9 Å². The van der Waals surface area contributed by atoms with Gasteiger partial charge in [-0.25, -0.2) is 4.98 Å². The molecule has 3 nitrogen and oxygen atoms in total. The number of nitrogens with one attached hydrogen (secondary N) is 1. The van der Waals surface area contributed by atoms with Crippen molar-refractivity contribution in [1.82, 2.24) is 4.98 Å². The lowest BCUT2D eigenvalue weighted by atomic mass is 10.2. The van der Waals surface area contributed by atoms with Gasteiger partial charge in [-0.2, -0.15) is 0 Å². The lowest BCUT2D eigenvalue weighted by Crippen LogP contribution is -2.18. The summed E-state index contributed by atoms with van der Waals surface area (Å²) in [5, 5.41) is 5.08. The highest BCUT2D eigenvalue weighted by Crippen LogP contribution is 2.31. The Morgan fingerprint density at radius 2 is 2.44 bits per heavy atom. The van der Waals surface area contributed by atoms with Crippen molar-refractivity contribution in [3.63, 3.8) is 0 Å².